The standard InChI is InChI=1S/C32H28N4O2/c1-23-19-21-26(22-20-23)33-29(24(2)32(37)38-3)31-35(27-15-9-5-10-16-27)30(25-13-7-4-8-14-25)34-36(31)28-17-11-6-12-18-28/h4-22H,1-3H3/p+1. The van der Waals surface area contributed by atoms with Gasteiger partial charge in [0.25, 0.3) is 5.82 Å². The summed E-state index contributed by atoms with van der Waals surface area (Å²) in [5.41, 5.74) is 5.70. The number of carbonyl (C=O) groups excluding carboxylic acids is 1. The van der Waals surface area contributed by atoms with Crippen LogP contribution in [0.4, 0.5) is 5.69 Å². The molecule has 0 spiro atoms. The lowest BCUT2D eigenvalue weighted by Crippen LogP contribution is -2.38. The smallest absolute Gasteiger partial charge is 0.335 e. The molecule has 0 radical (unpaired) electrons. The third-order valence-electron chi connectivity index (χ3n) is 6.28. The Labute approximate surface area is 222 Å². The van der Waals surface area contributed by atoms with E-state index < -0.39 is 5.97 Å². The molecule has 6 nitrogen and oxygen atoms in total. The number of carbonyl (C=O) groups is 1. The Bertz CT molecular complexity index is 1570. The third-order valence-corrected chi connectivity index (χ3v) is 6.28. The van der Waals surface area contributed by atoms with Gasteiger partial charge in [0.1, 0.15) is 17.1 Å². The Balaban J connectivity index is 1.88. The number of methoxy groups -OCH3 is 1. The SMILES string of the molecule is COC(=O)/C(C)=C(/Nc1ccc(C)cc1)c1n(-c2ccccc2)nc(-c2ccccc2)[n+]1-c1ccccc1. The number of nitrogens with one attached hydrogen (secondary N) is 1. The number of rotatable bonds is 7. The summed E-state index contributed by atoms with van der Waals surface area (Å²) < 4.78 is 9.13. The molecular weight excluding hydrogens is 472 g/mol. The van der Waals surface area contributed by atoms with Crippen LogP contribution in [-0.4, -0.2) is 22.9 Å². The first-order chi connectivity index (χ1) is 18.6. The first-order valence-electron chi connectivity index (χ1n) is 12.4. The molecule has 0 unspecified atom stereocenters. The molecule has 0 aliphatic rings. The molecule has 0 aliphatic heterocycles. The lowest BCUT2D eigenvalue weighted by Gasteiger charge is -2.14. The summed E-state index contributed by atoms with van der Waals surface area (Å²) in [6, 6.07) is 38.0. The second-order valence-electron chi connectivity index (χ2n) is 8.91. The number of para-hydroxylation sites is 2. The maximum Gasteiger partial charge on any atom is 0.335 e. The van der Waals surface area contributed by atoms with E-state index in [-0.39, 0.29) is 0 Å². The fraction of sp³-hybridized carbons (Fsp3) is 0.0938. The minimum atomic E-state index is -0.429. The molecule has 5 aromatic rings. The molecule has 0 fully saturated rings. The van der Waals surface area contributed by atoms with E-state index in [1.54, 1.807) is 6.92 Å². The highest BCUT2D eigenvalue weighted by Gasteiger charge is 2.34. The van der Waals surface area contributed by atoms with Gasteiger partial charge in [-0.3, -0.25) is 0 Å². The molecule has 0 atom stereocenters. The summed E-state index contributed by atoms with van der Waals surface area (Å²) in [6.07, 6.45) is 0. The number of hydrogen-bond acceptors (Lipinski definition) is 4. The van der Waals surface area contributed by atoms with Crippen LogP contribution in [0.3, 0.4) is 0 Å². The van der Waals surface area contributed by atoms with Crippen molar-refractivity contribution in [1.82, 2.24) is 9.78 Å². The Morgan fingerprint density at radius 2 is 1.39 bits per heavy atom. The van der Waals surface area contributed by atoms with Crippen molar-refractivity contribution >= 4 is 17.4 Å². The van der Waals surface area contributed by atoms with Crippen molar-refractivity contribution in [2.45, 2.75) is 13.8 Å². The highest BCUT2D eigenvalue weighted by Crippen LogP contribution is 2.27. The van der Waals surface area contributed by atoms with E-state index in [2.05, 4.69) is 9.88 Å². The van der Waals surface area contributed by atoms with Crippen molar-refractivity contribution in [2.75, 3.05) is 12.4 Å². The average Bonchev–Trinajstić information content (AvgIpc) is 3.38. The van der Waals surface area contributed by atoms with Crippen LogP contribution in [0.5, 0.6) is 0 Å². The molecule has 0 amide bonds. The zero-order valence-corrected chi connectivity index (χ0v) is 21.6. The Kier molecular flexibility index (Phi) is 7.13. The van der Waals surface area contributed by atoms with E-state index in [4.69, 9.17) is 9.84 Å². The first-order valence-corrected chi connectivity index (χ1v) is 12.4. The maximum absolute atomic E-state index is 13.0. The molecule has 188 valence electrons. The Morgan fingerprint density at radius 3 is 2.00 bits per heavy atom. The fourth-order valence-electron chi connectivity index (χ4n) is 4.30. The molecule has 6 heteroatoms. The minimum absolute atomic E-state index is 0.425. The zero-order chi connectivity index (χ0) is 26.5. The fourth-order valence-corrected chi connectivity index (χ4v) is 4.30. The molecule has 0 aliphatic carbocycles. The van der Waals surface area contributed by atoms with Crippen LogP contribution in [0, 0.1) is 6.92 Å². The molecule has 1 aromatic heterocycles. The Hall–Kier alpha value is -4.97. The van der Waals surface area contributed by atoms with Crippen LogP contribution >= 0.6 is 0 Å². The van der Waals surface area contributed by atoms with Crippen LogP contribution in [0.2, 0.25) is 0 Å². The van der Waals surface area contributed by atoms with Gasteiger partial charge in [-0.1, -0.05) is 77.0 Å². The number of aryl methyl sites for hydroxylation is 1. The molecule has 1 N–H and O–H groups in total. The molecule has 0 bridgehead atoms. The van der Waals surface area contributed by atoms with E-state index >= 15 is 0 Å². The van der Waals surface area contributed by atoms with Crippen molar-refractivity contribution < 1.29 is 14.1 Å². The van der Waals surface area contributed by atoms with E-state index in [1.165, 1.54) is 7.11 Å². The number of hydrogen-bond donors (Lipinski definition) is 1. The van der Waals surface area contributed by atoms with Crippen LogP contribution < -0.4 is 9.88 Å². The number of benzene rings is 4. The van der Waals surface area contributed by atoms with Crippen LogP contribution in [0.1, 0.15) is 18.3 Å². The minimum Gasteiger partial charge on any atom is -0.466 e. The van der Waals surface area contributed by atoms with E-state index in [0.29, 0.717) is 17.1 Å². The highest BCUT2D eigenvalue weighted by atomic mass is 16.5. The highest BCUT2D eigenvalue weighted by molar-refractivity contribution is 5.98. The predicted molar refractivity (Wildman–Crippen MR) is 150 cm³/mol. The molecule has 0 saturated heterocycles. The van der Waals surface area contributed by atoms with Crippen molar-refractivity contribution in [3.05, 3.63) is 132 Å². The summed E-state index contributed by atoms with van der Waals surface area (Å²) in [5, 5.41) is 8.64. The Morgan fingerprint density at radius 1 is 0.816 bits per heavy atom. The van der Waals surface area contributed by atoms with Gasteiger partial charge in [0.2, 0.25) is 0 Å². The first kappa shape index (κ1) is 24.7. The topological polar surface area (TPSA) is 60.0 Å². The van der Waals surface area contributed by atoms with Crippen molar-refractivity contribution in [1.29, 1.82) is 0 Å². The molecule has 5 rings (SSSR count). The summed E-state index contributed by atoms with van der Waals surface area (Å²) in [5.74, 6) is 0.988. The van der Waals surface area contributed by atoms with Gasteiger partial charge in [0.05, 0.1) is 23.3 Å². The van der Waals surface area contributed by atoms with Crippen LogP contribution in [-0.2, 0) is 9.53 Å². The average molecular weight is 502 g/mol. The van der Waals surface area contributed by atoms with Gasteiger partial charge in [0.15, 0.2) is 0 Å². The third kappa shape index (κ3) is 4.97. The van der Waals surface area contributed by atoms with Crippen molar-refractivity contribution in [3.63, 3.8) is 0 Å². The summed E-state index contributed by atoms with van der Waals surface area (Å²) in [4.78, 5) is 13.0. The van der Waals surface area contributed by atoms with Crippen LogP contribution in [0.15, 0.2) is 121 Å². The molecule has 0 saturated carbocycles. The van der Waals surface area contributed by atoms with Gasteiger partial charge in [-0.05, 0) is 62.4 Å². The van der Waals surface area contributed by atoms with E-state index in [0.717, 1.165) is 34.0 Å². The summed E-state index contributed by atoms with van der Waals surface area (Å²) in [7, 11) is 1.39. The number of ether oxygens (including phenoxy) is 1. The zero-order valence-electron chi connectivity index (χ0n) is 21.6. The lowest BCUT2D eigenvalue weighted by molar-refractivity contribution is -0.587. The monoisotopic (exact) mass is 501 g/mol. The van der Waals surface area contributed by atoms with E-state index in [9.17, 15) is 4.79 Å². The van der Waals surface area contributed by atoms with Gasteiger partial charge < -0.3 is 10.1 Å². The van der Waals surface area contributed by atoms with Gasteiger partial charge >= 0.3 is 11.8 Å². The molecule has 38 heavy (non-hydrogen) atoms. The van der Waals surface area contributed by atoms with Crippen molar-refractivity contribution in [3.8, 4) is 22.8 Å². The van der Waals surface area contributed by atoms with Gasteiger partial charge in [-0.25, -0.2) is 4.79 Å². The lowest BCUT2D eigenvalue weighted by atomic mass is 10.1. The van der Waals surface area contributed by atoms with Gasteiger partial charge in [-0.2, -0.15) is 4.57 Å². The molecular formula is C32H29N4O2+. The van der Waals surface area contributed by atoms with Crippen LogP contribution in [0.25, 0.3) is 28.5 Å². The number of anilines is 1. The van der Waals surface area contributed by atoms with Crippen molar-refractivity contribution in [2.24, 2.45) is 0 Å². The number of esters is 1. The number of nitrogens with zero attached hydrogens (tertiary/aromatic N) is 3. The summed E-state index contributed by atoms with van der Waals surface area (Å²) >= 11 is 0. The maximum atomic E-state index is 13.0. The predicted octanol–water partition coefficient (Wildman–Crippen LogP) is 6.14. The largest absolute Gasteiger partial charge is 0.466 e. The second-order valence-corrected chi connectivity index (χ2v) is 8.91. The number of aromatic nitrogens is 3. The van der Waals surface area contributed by atoms with Gasteiger partial charge in [0, 0.05) is 5.69 Å². The summed E-state index contributed by atoms with van der Waals surface area (Å²) in [6.45, 7) is 3.81. The quantitative estimate of drug-likeness (QED) is 0.165. The molecule has 4 aromatic carbocycles. The van der Waals surface area contributed by atoms with Gasteiger partial charge in [-0.15, -0.1) is 0 Å². The van der Waals surface area contributed by atoms with E-state index in [1.807, 2.05) is 127 Å². The second kappa shape index (κ2) is 11.0. The molecule has 1 heterocycles. The normalized spacial score (nSPS) is 11.6.